The minimum atomic E-state index is -2.89. The van der Waals surface area contributed by atoms with E-state index in [4.69, 9.17) is 16.3 Å². The molecule has 7 heteroatoms. The molecule has 0 aliphatic carbocycles. The Hall–Kier alpha value is -0.690. The van der Waals surface area contributed by atoms with Crippen LogP contribution in [0, 0.1) is 0 Å². The molecule has 2 fully saturated rings. The molecule has 0 aromatic carbocycles. The van der Waals surface area contributed by atoms with Gasteiger partial charge in [-0.3, -0.25) is 4.90 Å². The number of halogens is 1. The summed E-state index contributed by atoms with van der Waals surface area (Å²) in [5.41, 5.74) is 1.05. The Balaban J connectivity index is 1.71. The second-order valence-electron chi connectivity index (χ2n) is 6.11. The van der Waals surface area contributed by atoms with Gasteiger partial charge in [-0.2, -0.15) is 0 Å². The number of nitrogens with zero attached hydrogens (tertiary/aromatic N) is 2. The van der Waals surface area contributed by atoms with Gasteiger partial charge in [0.1, 0.15) is 5.15 Å². The van der Waals surface area contributed by atoms with Crippen LogP contribution in [0.1, 0.15) is 24.8 Å². The molecule has 0 saturated carbocycles. The zero-order chi connectivity index (χ0) is 15.6. The second kappa shape index (κ2) is 6.83. The molecule has 3 heterocycles. The SMILES string of the molecule is O=S1(=O)CC[C@H](N(Cc2ccc(Cl)nc2)C[C@H]2CCCO2)C1. The van der Waals surface area contributed by atoms with Gasteiger partial charge in [-0.25, -0.2) is 13.4 Å². The molecule has 2 atom stereocenters. The minimum Gasteiger partial charge on any atom is -0.377 e. The summed E-state index contributed by atoms with van der Waals surface area (Å²) in [6.07, 6.45) is 4.81. The largest absolute Gasteiger partial charge is 0.377 e. The standard InChI is InChI=1S/C15H21ClN2O3S/c16-15-4-3-12(8-17-15)9-18(10-14-2-1-6-21-14)13-5-7-22(19,20)11-13/h3-4,8,13-14H,1-2,5-7,9-11H2/t13-,14+/m0/s1. The van der Waals surface area contributed by atoms with Gasteiger partial charge >= 0.3 is 0 Å². The minimum absolute atomic E-state index is 0.0740. The van der Waals surface area contributed by atoms with Crippen molar-refractivity contribution in [2.24, 2.45) is 0 Å². The number of ether oxygens (including phenoxy) is 1. The average molecular weight is 345 g/mol. The monoisotopic (exact) mass is 344 g/mol. The maximum Gasteiger partial charge on any atom is 0.151 e. The molecule has 0 radical (unpaired) electrons. The fraction of sp³-hybridized carbons (Fsp3) is 0.667. The van der Waals surface area contributed by atoms with Gasteiger partial charge in [0, 0.05) is 31.9 Å². The Bertz CT molecular complexity index is 600. The van der Waals surface area contributed by atoms with Crippen molar-refractivity contribution in [3.63, 3.8) is 0 Å². The molecule has 2 saturated heterocycles. The van der Waals surface area contributed by atoms with E-state index in [1.165, 1.54) is 0 Å². The lowest BCUT2D eigenvalue weighted by atomic mass is 10.1. The molecule has 0 spiro atoms. The molecule has 122 valence electrons. The van der Waals surface area contributed by atoms with Crippen molar-refractivity contribution >= 4 is 21.4 Å². The fourth-order valence-corrected chi connectivity index (χ4v) is 5.06. The summed E-state index contributed by atoms with van der Waals surface area (Å²) in [5.74, 6) is 0.541. The molecule has 0 bridgehead atoms. The van der Waals surface area contributed by atoms with E-state index in [2.05, 4.69) is 9.88 Å². The lowest BCUT2D eigenvalue weighted by Gasteiger charge is -2.30. The summed E-state index contributed by atoms with van der Waals surface area (Å²) >= 11 is 5.83. The predicted molar refractivity (Wildman–Crippen MR) is 85.7 cm³/mol. The Kier molecular flexibility index (Phi) is 5.02. The molecule has 0 amide bonds. The highest BCUT2D eigenvalue weighted by Gasteiger charge is 2.33. The summed E-state index contributed by atoms with van der Waals surface area (Å²) in [7, 11) is -2.89. The van der Waals surface area contributed by atoms with Crippen LogP contribution < -0.4 is 0 Å². The van der Waals surface area contributed by atoms with Crippen LogP contribution in [0.2, 0.25) is 5.15 Å². The van der Waals surface area contributed by atoms with Gasteiger partial charge in [-0.1, -0.05) is 17.7 Å². The Morgan fingerprint density at radius 2 is 2.23 bits per heavy atom. The highest BCUT2D eigenvalue weighted by Crippen LogP contribution is 2.23. The topological polar surface area (TPSA) is 59.5 Å². The lowest BCUT2D eigenvalue weighted by Crippen LogP contribution is -2.40. The van der Waals surface area contributed by atoms with Crippen LogP contribution in [0.25, 0.3) is 0 Å². The first-order chi connectivity index (χ1) is 10.5. The van der Waals surface area contributed by atoms with Gasteiger partial charge in [0.05, 0.1) is 17.6 Å². The maximum absolute atomic E-state index is 11.8. The summed E-state index contributed by atoms with van der Waals surface area (Å²) < 4.78 is 29.3. The Labute approximate surface area is 136 Å². The van der Waals surface area contributed by atoms with E-state index in [1.807, 2.05) is 6.07 Å². The van der Waals surface area contributed by atoms with Crippen molar-refractivity contribution < 1.29 is 13.2 Å². The predicted octanol–water partition coefficient (Wildman–Crippen LogP) is 1.90. The highest BCUT2D eigenvalue weighted by molar-refractivity contribution is 7.91. The van der Waals surface area contributed by atoms with E-state index in [1.54, 1.807) is 12.3 Å². The van der Waals surface area contributed by atoms with E-state index in [9.17, 15) is 8.42 Å². The molecule has 2 aliphatic heterocycles. The molecule has 2 aliphatic rings. The van der Waals surface area contributed by atoms with Crippen molar-refractivity contribution in [2.75, 3.05) is 24.7 Å². The van der Waals surface area contributed by atoms with Gasteiger partial charge < -0.3 is 4.74 Å². The van der Waals surface area contributed by atoms with Crippen LogP contribution in [0.4, 0.5) is 0 Å². The molecular weight excluding hydrogens is 324 g/mol. The van der Waals surface area contributed by atoms with E-state index in [-0.39, 0.29) is 17.9 Å². The van der Waals surface area contributed by atoms with Crippen LogP contribution in [-0.4, -0.2) is 55.1 Å². The van der Waals surface area contributed by atoms with Crippen molar-refractivity contribution in [3.8, 4) is 0 Å². The van der Waals surface area contributed by atoms with E-state index in [0.29, 0.717) is 23.9 Å². The maximum atomic E-state index is 11.8. The molecule has 1 aromatic heterocycles. The number of rotatable bonds is 5. The van der Waals surface area contributed by atoms with Crippen LogP contribution in [0.5, 0.6) is 0 Å². The van der Waals surface area contributed by atoms with Crippen molar-refractivity contribution in [3.05, 3.63) is 29.0 Å². The number of hydrogen-bond acceptors (Lipinski definition) is 5. The van der Waals surface area contributed by atoms with Crippen LogP contribution in [0.15, 0.2) is 18.3 Å². The van der Waals surface area contributed by atoms with Crippen molar-refractivity contribution in [1.82, 2.24) is 9.88 Å². The van der Waals surface area contributed by atoms with E-state index >= 15 is 0 Å². The molecule has 0 unspecified atom stereocenters. The highest BCUT2D eigenvalue weighted by atomic mass is 35.5. The second-order valence-corrected chi connectivity index (χ2v) is 8.73. The zero-order valence-electron chi connectivity index (χ0n) is 12.4. The van der Waals surface area contributed by atoms with Crippen LogP contribution in [-0.2, 0) is 21.1 Å². The third kappa shape index (κ3) is 4.19. The molecular formula is C15H21ClN2O3S. The molecule has 5 nitrogen and oxygen atoms in total. The molecule has 22 heavy (non-hydrogen) atoms. The normalized spacial score (nSPS) is 27.5. The van der Waals surface area contributed by atoms with Gasteiger partial charge in [0.15, 0.2) is 9.84 Å². The summed E-state index contributed by atoms with van der Waals surface area (Å²) in [6, 6.07) is 3.79. The van der Waals surface area contributed by atoms with Crippen molar-refractivity contribution in [1.29, 1.82) is 0 Å². The molecule has 0 N–H and O–H groups in total. The first-order valence-electron chi connectivity index (χ1n) is 7.68. The summed E-state index contributed by atoms with van der Waals surface area (Å²) in [4.78, 5) is 6.35. The lowest BCUT2D eigenvalue weighted by molar-refractivity contribution is 0.0574. The van der Waals surface area contributed by atoms with Crippen LogP contribution in [0.3, 0.4) is 0 Å². The number of sulfone groups is 1. The number of aromatic nitrogens is 1. The van der Waals surface area contributed by atoms with Gasteiger partial charge in [0.25, 0.3) is 0 Å². The van der Waals surface area contributed by atoms with Crippen LogP contribution >= 0.6 is 11.6 Å². The van der Waals surface area contributed by atoms with Gasteiger partial charge in [-0.05, 0) is 30.9 Å². The van der Waals surface area contributed by atoms with E-state index in [0.717, 1.165) is 31.6 Å². The average Bonchev–Trinajstić information content (AvgIpc) is 3.10. The smallest absolute Gasteiger partial charge is 0.151 e. The molecule has 1 aromatic rings. The quantitative estimate of drug-likeness (QED) is 0.763. The summed E-state index contributed by atoms with van der Waals surface area (Å²) in [5, 5.41) is 0.470. The first-order valence-corrected chi connectivity index (χ1v) is 9.88. The number of pyridine rings is 1. The first kappa shape index (κ1) is 16.2. The Morgan fingerprint density at radius 3 is 2.82 bits per heavy atom. The van der Waals surface area contributed by atoms with Crippen molar-refractivity contribution in [2.45, 2.75) is 38.0 Å². The molecule has 3 rings (SSSR count). The van der Waals surface area contributed by atoms with Gasteiger partial charge in [0.2, 0.25) is 0 Å². The fourth-order valence-electron chi connectivity index (χ4n) is 3.19. The third-order valence-corrected chi connectivity index (χ3v) is 6.34. The van der Waals surface area contributed by atoms with Gasteiger partial charge in [-0.15, -0.1) is 0 Å². The number of hydrogen-bond donors (Lipinski definition) is 0. The third-order valence-electron chi connectivity index (χ3n) is 4.36. The van der Waals surface area contributed by atoms with E-state index < -0.39 is 9.84 Å². The summed E-state index contributed by atoms with van der Waals surface area (Å²) in [6.45, 7) is 2.27. The Morgan fingerprint density at radius 1 is 1.36 bits per heavy atom. The zero-order valence-corrected chi connectivity index (χ0v) is 14.0.